The fraction of sp³-hybridized carbons (Fsp3) is 0. The van der Waals surface area contributed by atoms with Crippen LogP contribution < -0.4 is 0 Å². The van der Waals surface area contributed by atoms with E-state index >= 15 is 0 Å². The molecular formula is C4H4Cl2HfS. The molecule has 0 aliphatic carbocycles. The van der Waals surface area contributed by atoms with E-state index in [-0.39, 0.29) is 0 Å². The summed E-state index contributed by atoms with van der Waals surface area (Å²) in [4.78, 5) is 0. The number of thiophene rings is 1. The predicted molar refractivity (Wildman–Crippen MR) is 36.0 cm³/mol. The van der Waals surface area contributed by atoms with Gasteiger partial charge in [0.1, 0.15) is 0 Å². The SMILES string of the molecule is [Cl][Hf][Cl].c1ccsc1. The molecule has 0 aliphatic rings. The van der Waals surface area contributed by atoms with Crippen LogP contribution in [0, 0.1) is 0 Å². The molecule has 0 saturated heterocycles. The summed E-state index contributed by atoms with van der Waals surface area (Å²) in [7, 11) is 9.92. The Morgan fingerprint density at radius 3 is 1.62 bits per heavy atom. The largest absolute Gasteiger partial charge is 0.152 e. The van der Waals surface area contributed by atoms with Crippen molar-refractivity contribution in [2.75, 3.05) is 0 Å². The average molecular weight is 334 g/mol. The van der Waals surface area contributed by atoms with Gasteiger partial charge in [0.2, 0.25) is 0 Å². The molecule has 8 heavy (non-hydrogen) atoms. The summed E-state index contributed by atoms with van der Waals surface area (Å²) in [6.45, 7) is 0. The van der Waals surface area contributed by atoms with Crippen molar-refractivity contribution < 1.29 is 20.5 Å². The minimum atomic E-state index is -0.972. The van der Waals surface area contributed by atoms with E-state index in [0.717, 1.165) is 0 Å². The summed E-state index contributed by atoms with van der Waals surface area (Å²) in [6, 6.07) is 4.04. The van der Waals surface area contributed by atoms with Crippen LogP contribution in [-0.4, -0.2) is 0 Å². The Hall–Kier alpha value is 1.15. The smallest absolute Gasteiger partial charge is 0.00934 e. The molecule has 0 saturated carbocycles. The second-order valence-corrected chi connectivity index (χ2v) is 6.87. The van der Waals surface area contributed by atoms with E-state index in [1.54, 1.807) is 11.3 Å². The Morgan fingerprint density at radius 2 is 1.50 bits per heavy atom. The molecule has 0 unspecified atom stereocenters. The van der Waals surface area contributed by atoms with Crippen LogP contribution >= 0.6 is 28.5 Å². The van der Waals surface area contributed by atoms with Gasteiger partial charge in [-0.05, 0) is 10.8 Å². The summed E-state index contributed by atoms with van der Waals surface area (Å²) in [5, 5.41) is 4.08. The molecule has 1 aromatic rings. The topological polar surface area (TPSA) is 0 Å². The normalized spacial score (nSPS) is 6.75. The Morgan fingerprint density at radius 1 is 1.12 bits per heavy atom. The Balaban J connectivity index is 0.000000145. The number of halogens is 2. The van der Waals surface area contributed by atoms with Crippen LogP contribution in [0.1, 0.15) is 0 Å². The van der Waals surface area contributed by atoms with Gasteiger partial charge in [-0.1, -0.05) is 12.1 Å². The van der Waals surface area contributed by atoms with Crippen molar-refractivity contribution in [3.05, 3.63) is 22.9 Å². The van der Waals surface area contributed by atoms with E-state index in [4.69, 9.17) is 17.2 Å². The first kappa shape index (κ1) is 9.15. The van der Waals surface area contributed by atoms with Crippen molar-refractivity contribution in [3.8, 4) is 0 Å². The third-order valence-corrected chi connectivity index (χ3v) is 1.05. The fourth-order valence-corrected chi connectivity index (χ4v) is 0.680. The number of rotatable bonds is 0. The van der Waals surface area contributed by atoms with Crippen LogP contribution in [0.2, 0.25) is 0 Å². The van der Waals surface area contributed by atoms with Crippen molar-refractivity contribution in [1.82, 2.24) is 0 Å². The van der Waals surface area contributed by atoms with Crippen molar-refractivity contribution in [2.24, 2.45) is 0 Å². The van der Waals surface area contributed by atoms with Gasteiger partial charge in [-0.15, -0.1) is 0 Å². The summed E-state index contributed by atoms with van der Waals surface area (Å²) in [5.74, 6) is 0. The van der Waals surface area contributed by atoms with Crippen molar-refractivity contribution in [3.63, 3.8) is 0 Å². The van der Waals surface area contributed by atoms with Gasteiger partial charge in [-0.3, -0.25) is 0 Å². The maximum atomic E-state index is 4.96. The molecule has 0 fully saturated rings. The van der Waals surface area contributed by atoms with Crippen LogP contribution in [0.25, 0.3) is 0 Å². The van der Waals surface area contributed by atoms with Gasteiger partial charge in [-0.2, -0.15) is 11.3 Å². The first-order chi connectivity index (χ1) is 3.91. The van der Waals surface area contributed by atoms with Gasteiger partial charge < -0.3 is 0 Å². The van der Waals surface area contributed by atoms with Gasteiger partial charge in [0.15, 0.2) is 0 Å². The summed E-state index contributed by atoms with van der Waals surface area (Å²) in [5.41, 5.74) is 0. The van der Waals surface area contributed by atoms with Gasteiger partial charge in [-0.25, -0.2) is 0 Å². The Labute approximate surface area is 71.3 Å². The number of hydrogen-bond donors (Lipinski definition) is 0. The molecule has 0 atom stereocenters. The fourth-order valence-electron chi connectivity index (χ4n) is 0.227. The molecule has 4 heteroatoms. The Bertz CT molecular complexity index is 80.9. The third kappa shape index (κ3) is 7.15. The average Bonchev–Trinajstić information content (AvgIpc) is 2.17. The van der Waals surface area contributed by atoms with Crippen molar-refractivity contribution >= 4 is 28.5 Å². The van der Waals surface area contributed by atoms with E-state index in [1.165, 1.54) is 0 Å². The van der Waals surface area contributed by atoms with E-state index in [0.29, 0.717) is 0 Å². The van der Waals surface area contributed by atoms with E-state index in [9.17, 15) is 0 Å². The predicted octanol–water partition coefficient (Wildman–Crippen LogP) is 3.12. The summed E-state index contributed by atoms with van der Waals surface area (Å²) >= 11 is 0.741. The van der Waals surface area contributed by atoms with E-state index < -0.39 is 20.5 Å². The van der Waals surface area contributed by atoms with Crippen LogP contribution in [0.15, 0.2) is 22.9 Å². The molecule has 44 valence electrons. The zero-order valence-electron chi connectivity index (χ0n) is 3.97. The zero-order chi connectivity index (χ0) is 6.24. The molecule has 0 radical (unpaired) electrons. The molecule has 0 aliphatic heterocycles. The van der Waals surface area contributed by atoms with Crippen LogP contribution in [0.3, 0.4) is 0 Å². The standard InChI is InChI=1S/C4H4S.2ClH.Hf/c1-2-4-5-3-1;;;/h1-4H;2*1H;/q;;;+2/p-2. The first-order valence-corrected chi connectivity index (χ1v) is 11.7. The first-order valence-electron chi connectivity index (χ1n) is 1.85. The second kappa shape index (κ2) is 8.15. The molecule has 0 N–H and O–H groups in total. The molecule has 0 bridgehead atoms. The summed E-state index contributed by atoms with van der Waals surface area (Å²) < 4.78 is 0. The Kier molecular flexibility index (Phi) is 9.32. The van der Waals surface area contributed by atoms with Crippen molar-refractivity contribution in [1.29, 1.82) is 0 Å². The minimum Gasteiger partial charge on any atom is -0.152 e. The van der Waals surface area contributed by atoms with Crippen molar-refractivity contribution in [2.45, 2.75) is 0 Å². The molecule has 0 aromatic carbocycles. The third-order valence-electron chi connectivity index (χ3n) is 0.425. The maximum Gasteiger partial charge on any atom is -0.00934 e. The monoisotopic (exact) mass is 334 g/mol. The van der Waals surface area contributed by atoms with Gasteiger partial charge >= 0.3 is 37.7 Å². The molecular weight excluding hydrogens is 330 g/mol. The molecule has 0 amide bonds. The van der Waals surface area contributed by atoms with Crippen LogP contribution in [0.4, 0.5) is 0 Å². The zero-order valence-corrected chi connectivity index (χ0v) is 9.89. The molecule has 1 aromatic heterocycles. The quantitative estimate of drug-likeness (QED) is 0.640. The maximum absolute atomic E-state index is 4.96. The van der Waals surface area contributed by atoms with Crippen LogP contribution in [-0.2, 0) is 20.5 Å². The molecule has 1 rings (SSSR count). The van der Waals surface area contributed by atoms with Gasteiger partial charge in [0.25, 0.3) is 0 Å². The van der Waals surface area contributed by atoms with E-state index in [2.05, 4.69) is 0 Å². The number of hydrogen-bond acceptors (Lipinski definition) is 1. The van der Waals surface area contributed by atoms with Gasteiger partial charge in [0, 0.05) is 0 Å². The minimum absolute atomic E-state index is 0.972. The van der Waals surface area contributed by atoms with Crippen LogP contribution in [0.5, 0.6) is 0 Å². The molecule has 0 spiro atoms. The van der Waals surface area contributed by atoms with Gasteiger partial charge in [0.05, 0.1) is 0 Å². The summed E-state index contributed by atoms with van der Waals surface area (Å²) in [6.07, 6.45) is 0. The van der Waals surface area contributed by atoms with E-state index in [1.807, 2.05) is 22.9 Å². The molecule has 1 heterocycles. The molecule has 0 nitrogen and oxygen atoms in total. The second-order valence-electron chi connectivity index (χ2n) is 0.865.